The van der Waals surface area contributed by atoms with Crippen molar-refractivity contribution in [2.75, 3.05) is 13.2 Å². The Morgan fingerprint density at radius 2 is 1.81 bits per heavy atom. The lowest BCUT2D eigenvalue weighted by atomic mass is 9.91. The van der Waals surface area contributed by atoms with Gasteiger partial charge >= 0.3 is 0 Å². The van der Waals surface area contributed by atoms with Crippen LogP contribution >= 0.6 is 0 Å². The van der Waals surface area contributed by atoms with Crippen molar-refractivity contribution < 1.29 is 9.47 Å². The third kappa shape index (κ3) is 3.39. The number of nitrogens with two attached hydrogens (primary N) is 1. The topological polar surface area (TPSA) is 56.5 Å². The van der Waals surface area contributed by atoms with Gasteiger partial charge in [0.25, 0.3) is 0 Å². The van der Waals surface area contributed by atoms with Gasteiger partial charge in [-0.25, -0.2) is 5.43 Å². The molecule has 0 fully saturated rings. The number of hydrogen-bond donors (Lipinski definition) is 2. The van der Waals surface area contributed by atoms with Crippen LogP contribution in [-0.2, 0) is 0 Å². The van der Waals surface area contributed by atoms with Gasteiger partial charge in [0.05, 0.1) is 6.04 Å². The van der Waals surface area contributed by atoms with E-state index >= 15 is 0 Å². The normalized spacial score (nSPS) is 22.6. The molecule has 0 aromatic heterocycles. The van der Waals surface area contributed by atoms with Crippen LogP contribution in [0.4, 0.5) is 0 Å². The minimum absolute atomic E-state index is 0.0685. The second-order valence-electron chi connectivity index (χ2n) is 5.73. The number of hydrazine groups is 1. The number of rotatable bonds is 3. The van der Waals surface area contributed by atoms with Crippen LogP contribution < -0.4 is 20.7 Å². The smallest absolute Gasteiger partial charge is 0.161 e. The average Bonchev–Trinajstić information content (AvgIpc) is 2.49. The first kappa shape index (κ1) is 14.4. The van der Waals surface area contributed by atoms with E-state index in [1.807, 2.05) is 6.07 Å². The molecule has 1 aromatic rings. The third-order valence-electron chi connectivity index (χ3n) is 4.26. The van der Waals surface area contributed by atoms with Crippen molar-refractivity contribution in [3.63, 3.8) is 0 Å². The van der Waals surface area contributed by atoms with Crippen molar-refractivity contribution >= 4 is 0 Å². The van der Waals surface area contributed by atoms with Gasteiger partial charge in [-0.15, -0.1) is 0 Å². The fourth-order valence-electron chi connectivity index (χ4n) is 3.14. The van der Waals surface area contributed by atoms with Gasteiger partial charge in [-0.3, -0.25) is 5.84 Å². The van der Waals surface area contributed by atoms with Crippen molar-refractivity contribution in [3.8, 4) is 11.5 Å². The highest BCUT2D eigenvalue weighted by Crippen LogP contribution is 2.35. The summed E-state index contributed by atoms with van der Waals surface area (Å²) < 4.78 is 11.3. The molecule has 1 aliphatic heterocycles. The van der Waals surface area contributed by atoms with E-state index in [0.717, 1.165) is 29.9 Å². The summed E-state index contributed by atoms with van der Waals surface area (Å²) in [6, 6.07) is 6.19. The lowest BCUT2D eigenvalue weighted by Crippen LogP contribution is -2.30. The highest BCUT2D eigenvalue weighted by Gasteiger charge is 2.19. The second-order valence-corrected chi connectivity index (χ2v) is 5.73. The lowest BCUT2D eigenvalue weighted by Gasteiger charge is -2.24. The summed E-state index contributed by atoms with van der Waals surface area (Å²) in [6.45, 7) is 1.23. The van der Waals surface area contributed by atoms with Crippen LogP contribution in [0.1, 0.15) is 50.1 Å². The maximum absolute atomic E-state index is 5.84. The van der Waals surface area contributed by atoms with E-state index in [2.05, 4.69) is 23.6 Å². The molecule has 3 rings (SSSR count). The molecule has 3 N–H and O–H groups in total. The summed E-state index contributed by atoms with van der Waals surface area (Å²) in [5.41, 5.74) is 5.52. The van der Waals surface area contributed by atoms with E-state index in [-0.39, 0.29) is 6.04 Å². The summed E-state index contributed by atoms with van der Waals surface area (Å²) in [6.07, 6.45) is 9.81. The van der Waals surface area contributed by atoms with Gasteiger partial charge in [0.2, 0.25) is 0 Å². The predicted molar refractivity (Wildman–Crippen MR) is 83.3 cm³/mol. The molecule has 0 amide bonds. The Hall–Kier alpha value is -1.52. The Balaban J connectivity index is 1.84. The molecule has 114 valence electrons. The molecule has 1 atom stereocenters. The van der Waals surface area contributed by atoms with E-state index < -0.39 is 0 Å². The maximum atomic E-state index is 5.84. The standard InChI is InChI=1S/C17H24N2O2/c18-19-17(13-6-4-2-1-3-5-7-13)14-8-9-15-16(12-14)21-11-10-20-15/h6,8-9,12,17,19H,1-5,7,10-11,18H2/b13-6+. The quantitative estimate of drug-likeness (QED) is 0.509. The Bertz CT molecular complexity index is 514. The first-order chi connectivity index (χ1) is 10.4. The number of hydrogen-bond acceptors (Lipinski definition) is 4. The first-order valence-corrected chi connectivity index (χ1v) is 7.93. The van der Waals surface area contributed by atoms with Crippen molar-refractivity contribution in [1.29, 1.82) is 0 Å². The molecule has 4 nitrogen and oxygen atoms in total. The summed E-state index contributed by atoms with van der Waals surface area (Å²) in [5, 5.41) is 0. The lowest BCUT2D eigenvalue weighted by molar-refractivity contribution is 0.171. The van der Waals surface area contributed by atoms with Gasteiger partial charge in [-0.1, -0.05) is 30.6 Å². The molecule has 21 heavy (non-hydrogen) atoms. The zero-order valence-electron chi connectivity index (χ0n) is 12.4. The third-order valence-corrected chi connectivity index (χ3v) is 4.26. The maximum Gasteiger partial charge on any atom is 0.161 e. The van der Waals surface area contributed by atoms with E-state index in [9.17, 15) is 0 Å². The van der Waals surface area contributed by atoms with Crippen LogP contribution in [0.15, 0.2) is 29.8 Å². The van der Waals surface area contributed by atoms with Gasteiger partial charge in [0, 0.05) is 0 Å². The summed E-state index contributed by atoms with van der Waals surface area (Å²) in [4.78, 5) is 0. The van der Waals surface area contributed by atoms with Crippen LogP contribution in [0.3, 0.4) is 0 Å². The van der Waals surface area contributed by atoms with Crippen LogP contribution in [-0.4, -0.2) is 13.2 Å². The van der Waals surface area contributed by atoms with Crippen LogP contribution in [0.2, 0.25) is 0 Å². The van der Waals surface area contributed by atoms with Crippen LogP contribution in [0, 0.1) is 0 Å². The van der Waals surface area contributed by atoms with Gasteiger partial charge < -0.3 is 9.47 Å². The van der Waals surface area contributed by atoms with Crippen LogP contribution in [0.5, 0.6) is 11.5 Å². The van der Waals surface area contributed by atoms with E-state index in [4.69, 9.17) is 15.3 Å². The molecule has 1 unspecified atom stereocenters. The number of allylic oxidation sites excluding steroid dienone is 1. The van der Waals surface area contributed by atoms with E-state index in [1.165, 1.54) is 31.3 Å². The number of benzene rings is 1. The molecular weight excluding hydrogens is 264 g/mol. The summed E-state index contributed by atoms with van der Waals surface area (Å²) in [5.74, 6) is 7.49. The summed E-state index contributed by atoms with van der Waals surface area (Å²) >= 11 is 0. The molecule has 2 aliphatic rings. The van der Waals surface area contributed by atoms with Crippen molar-refractivity contribution in [1.82, 2.24) is 5.43 Å². The highest BCUT2D eigenvalue weighted by molar-refractivity contribution is 5.46. The molecular formula is C17H24N2O2. The Morgan fingerprint density at radius 3 is 2.67 bits per heavy atom. The fraction of sp³-hybridized carbons (Fsp3) is 0.529. The van der Waals surface area contributed by atoms with Crippen molar-refractivity contribution in [3.05, 3.63) is 35.4 Å². The largest absolute Gasteiger partial charge is 0.486 e. The van der Waals surface area contributed by atoms with Crippen LogP contribution in [0.25, 0.3) is 0 Å². The number of ether oxygens (including phenoxy) is 2. The molecule has 1 aromatic carbocycles. The van der Waals surface area contributed by atoms with Crippen molar-refractivity contribution in [2.24, 2.45) is 5.84 Å². The fourth-order valence-corrected chi connectivity index (χ4v) is 3.14. The molecule has 4 heteroatoms. The minimum atomic E-state index is 0.0685. The number of fused-ring (bicyclic) bond motifs is 1. The monoisotopic (exact) mass is 288 g/mol. The molecule has 0 spiro atoms. The Morgan fingerprint density at radius 1 is 1.00 bits per heavy atom. The molecule has 0 saturated heterocycles. The van der Waals surface area contributed by atoms with E-state index in [1.54, 1.807) is 0 Å². The van der Waals surface area contributed by atoms with Crippen molar-refractivity contribution in [2.45, 2.75) is 44.6 Å². The van der Waals surface area contributed by atoms with E-state index in [0.29, 0.717) is 13.2 Å². The Kier molecular flexibility index (Phi) is 4.78. The second kappa shape index (κ2) is 6.96. The van der Waals surface area contributed by atoms with Gasteiger partial charge in [-0.05, 0) is 43.4 Å². The average molecular weight is 288 g/mol. The summed E-state index contributed by atoms with van der Waals surface area (Å²) in [7, 11) is 0. The first-order valence-electron chi connectivity index (χ1n) is 7.93. The predicted octanol–water partition coefficient (Wildman–Crippen LogP) is 3.24. The van der Waals surface area contributed by atoms with Gasteiger partial charge in [0.1, 0.15) is 13.2 Å². The van der Waals surface area contributed by atoms with Gasteiger partial charge in [0.15, 0.2) is 11.5 Å². The molecule has 1 heterocycles. The minimum Gasteiger partial charge on any atom is -0.486 e. The molecule has 1 aliphatic carbocycles. The zero-order valence-corrected chi connectivity index (χ0v) is 12.4. The Labute approximate surface area is 126 Å². The zero-order chi connectivity index (χ0) is 14.5. The van der Waals surface area contributed by atoms with Gasteiger partial charge in [-0.2, -0.15) is 0 Å². The molecule has 0 bridgehead atoms. The highest BCUT2D eigenvalue weighted by atomic mass is 16.6. The SMILES string of the molecule is NNC(/C1=C/CCCCCC1)c1ccc2c(c1)OCCO2. The molecule has 0 radical (unpaired) electrons. The molecule has 0 saturated carbocycles. The number of nitrogens with one attached hydrogen (secondary N) is 1.